The summed E-state index contributed by atoms with van der Waals surface area (Å²) in [5.74, 6) is 1.39. The molecule has 0 saturated carbocycles. The van der Waals surface area contributed by atoms with Gasteiger partial charge in [0.15, 0.2) is 0 Å². The molecule has 25 heavy (non-hydrogen) atoms. The highest BCUT2D eigenvalue weighted by Gasteiger charge is 2.25. The van der Waals surface area contributed by atoms with Crippen molar-refractivity contribution < 1.29 is 4.79 Å². The van der Waals surface area contributed by atoms with Crippen molar-refractivity contribution >= 4 is 11.7 Å². The van der Waals surface area contributed by atoms with Crippen LogP contribution in [0.5, 0.6) is 0 Å². The number of hydrogen-bond acceptors (Lipinski definition) is 5. The maximum Gasteiger partial charge on any atom is 0.244 e. The van der Waals surface area contributed by atoms with E-state index in [4.69, 9.17) is 0 Å². The predicted octanol–water partition coefficient (Wildman–Crippen LogP) is 1.81. The fourth-order valence-corrected chi connectivity index (χ4v) is 3.52. The fourth-order valence-electron chi connectivity index (χ4n) is 3.52. The SMILES string of the molecule is CNc1nccnc1C[C@H]1CCCN(C(=O)Cn2nc(C)cc2C)C1. The molecule has 1 amide bonds. The van der Waals surface area contributed by atoms with E-state index in [0.717, 1.165) is 55.3 Å². The van der Waals surface area contributed by atoms with Crippen LogP contribution < -0.4 is 5.32 Å². The Balaban J connectivity index is 1.62. The lowest BCUT2D eigenvalue weighted by Gasteiger charge is -2.33. The summed E-state index contributed by atoms with van der Waals surface area (Å²) in [4.78, 5) is 23.4. The number of amides is 1. The Labute approximate surface area is 148 Å². The summed E-state index contributed by atoms with van der Waals surface area (Å²) >= 11 is 0. The molecule has 3 heterocycles. The average molecular weight is 342 g/mol. The van der Waals surface area contributed by atoms with Gasteiger partial charge in [-0.1, -0.05) is 0 Å². The molecule has 0 bridgehead atoms. The smallest absolute Gasteiger partial charge is 0.244 e. The molecule has 0 unspecified atom stereocenters. The van der Waals surface area contributed by atoms with Crippen molar-refractivity contribution in [3.05, 3.63) is 35.5 Å². The van der Waals surface area contributed by atoms with Gasteiger partial charge in [0.1, 0.15) is 12.4 Å². The van der Waals surface area contributed by atoms with E-state index in [1.165, 1.54) is 0 Å². The van der Waals surface area contributed by atoms with Crippen LogP contribution in [0, 0.1) is 19.8 Å². The summed E-state index contributed by atoms with van der Waals surface area (Å²) in [5.41, 5.74) is 2.95. The number of aryl methyl sites for hydroxylation is 2. The van der Waals surface area contributed by atoms with E-state index in [1.54, 1.807) is 17.1 Å². The first-order valence-corrected chi connectivity index (χ1v) is 8.83. The van der Waals surface area contributed by atoms with Gasteiger partial charge >= 0.3 is 0 Å². The summed E-state index contributed by atoms with van der Waals surface area (Å²) in [6.07, 6.45) is 6.41. The molecule has 1 saturated heterocycles. The molecule has 0 radical (unpaired) electrons. The van der Waals surface area contributed by atoms with Crippen LogP contribution in [0.4, 0.5) is 5.82 Å². The maximum absolute atomic E-state index is 12.7. The normalized spacial score (nSPS) is 17.6. The van der Waals surface area contributed by atoms with Gasteiger partial charge in [-0.2, -0.15) is 5.10 Å². The summed E-state index contributed by atoms with van der Waals surface area (Å²) in [6, 6.07) is 2.00. The Kier molecular flexibility index (Phi) is 5.31. The third-order valence-corrected chi connectivity index (χ3v) is 4.75. The van der Waals surface area contributed by atoms with Crippen molar-refractivity contribution in [1.29, 1.82) is 0 Å². The zero-order chi connectivity index (χ0) is 17.8. The number of likely N-dealkylation sites (tertiary alicyclic amines) is 1. The third-order valence-electron chi connectivity index (χ3n) is 4.75. The van der Waals surface area contributed by atoms with Crippen molar-refractivity contribution in [2.45, 2.75) is 39.7 Å². The molecular weight excluding hydrogens is 316 g/mol. The molecule has 134 valence electrons. The van der Waals surface area contributed by atoms with Gasteiger partial charge in [-0.05, 0) is 45.1 Å². The first-order valence-electron chi connectivity index (χ1n) is 8.83. The fraction of sp³-hybridized carbons (Fsp3) is 0.556. The number of carbonyl (C=O) groups is 1. The molecule has 1 N–H and O–H groups in total. The maximum atomic E-state index is 12.7. The summed E-state index contributed by atoms with van der Waals surface area (Å²) in [5, 5.41) is 7.49. The number of hydrogen-bond donors (Lipinski definition) is 1. The number of rotatable bonds is 5. The quantitative estimate of drug-likeness (QED) is 0.897. The van der Waals surface area contributed by atoms with E-state index < -0.39 is 0 Å². The number of aromatic nitrogens is 4. The lowest BCUT2D eigenvalue weighted by molar-refractivity contribution is -0.133. The van der Waals surface area contributed by atoms with Gasteiger partial charge in [0, 0.05) is 38.2 Å². The molecule has 1 aliphatic heterocycles. The lowest BCUT2D eigenvalue weighted by atomic mass is 9.93. The molecule has 1 aliphatic rings. The van der Waals surface area contributed by atoms with Gasteiger partial charge in [-0.25, -0.2) is 4.98 Å². The third kappa shape index (κ3) is 4.15. The summed E-state index contributed by atoms with van der Waals surface area (Å²) < 4.78 is 1.79. The second kappa shape index (κ2) is 7.63. The molecule has 3 rings (SSSR count). The highest BCUT2D eigenvalue weighted by Crippen LogP contribution is 2.22. The van der Waals surface area contributed by atoms with E-state index in [9.17, 15) is 4.79 Å². The minimum absolute atomic E-state index is 0.142. The van der Waals surface area contributed by atoms with Gasteiger partial charge in [0.05, 0.1) is 11.4 Å². The van der Waals surface area contributed by atoms with Gasteiger partial charge in [0.2, 0.25) is 5.91 Å². The minimum atomic E-state index is 0.142. The summed E-state index contributed by atoms with van der Waals surface area (Å²) in [7, 11) is 1.86. The van der Waals surface area contributed by atoms with Crippen LogP contribution in [0.3, 0.4) is 0 Å². The Morgan fingerprint density at radius 1 is 1.32 bits per heavy atom. The monoisotopic (exact) mass is 342 g/mol. The van der Waals surface area contributed by atoms with E-state index in [-0.39, 0.29) is 5.91 Å². The standard InChI is InChI=1S/C18H26N6O/c1-13-9-14(2)24(22-13)12-17(25)23-8-4-5-15(11-23)10-16-18(19-3)21-7-6-20-16/h6-7,9,15H,4-5,8,10-12H2,1-3H3,(H,19,21)/t15-/m1/s1. The molecule has 2 aromatic heterocycles. The van der Waals surface area contributed by atoms with Crippen molar-refractivity contribution in [2.75, 3.05) is 25.5 Å². The van der Waals surface area contributed by atoms with Gasteiger partial charge < -0.3 is 10.2 Å². The first kappa shape index (κ1) is 17.4. The van der Waals surface area contributed by atoms with Crippen LogP contribution in [-0.4, -0.2) is 50.7 Å². The Bertz CT molecular complexity index is 741. The zero-order valence-electron chi connectivity index (χ0n) is 15.2. The molecule has 7 heteroatoms. The number of piperidine rings is 1. The van der Waals surface area contributed by atoms with E-state index >= 15 is 0 Å². The molecule has 0 spiro atoms. The zero-order valence-corrected chi connectivity index (χ0v) is 15.2. The van der Waals surface area contributed by atoms with E-state index in [1.807, 2.05) is 31.9 Å². The number of anilines is 1. The van der Waals surface area contributed by atoms with Crippen LogP contribution in [0.25, 0.3) is 0 Å². The predicted molar refractivity (Wildman–Crippen MR) is 96.3 cm³/mol. The lowest BCUT2D eigenvalue weighted by Crippen LogP contribution is -2.42. The molecule has 2 aromatic rings. The molecule has 1 fully saturated rings. The average Bonchev–Trinajstić information content (AvgIpc) is 2.93. The molecular formula is C18H26N6O. The van der Waals surface area contributed by atoms with Crippen LogP contribution in [0.15, 0.2) is 18.5 Å². The van der Waals surface area contributed by atoms with Gasteiger partial charge in [-0.15, -0.1) is 0 Å². The number of carbonyl (C=O) groups excluding carboxylic acids is 1. The van der Waals surface area contributed by atoms with E-state index in [2.05, 4.69) is 20.4 Å². The largest absolute Gasteiger partial charge is 0.372 e. The minimum Gasteiger partial charge on any atom is -0.372 e. The molecule has 7 nitrogen and oxygen atoms in total. The Morgan fingerprint density at radius 3 is 2.84 bits per heavy atom. The highest BCUT2D eigenvalue weighted by atomic mass is 16.2. The van der Waals surface area contributed by atoms with Crippen LogP contribution in [-0.2, 0) is 17.8 Å². The van der Waals surface area contributed by atoms with Crippen molar-refractivity contribution in [2.24, 2.45) is 5.92 Å². The highest BCUT2D eigenvalue weighted by molar-refractivity contribution is 5.76. The van der Waals surface area contributed by atoms with Crippen molar-refractivity contribution in [3.8, 4) is 0 Å². The number of nitrogens with one attached hydrogen (secondary N) is 1. The second-order valence-electron chi connectivity index (χ2n) is 6.74. The van der Waals surface area contributed by atoms with Crippen LogP contribution in [0.1, 0.15) is 29.9 Å². The number of nitrogens with zero attached hydrogens (tertiary/aromatic N) is 5. The molecule has 0 aromatic carbocycles. The van der Waals surface area contributed by atoms with Crippen LogP contribution in [0.2, 0.25) is 0 Å². The van der Waals surface area contributed by atoms with Gasteiger partial charge in [0.25, 0.3) is 0 Å². The Morgan fingerprint density at radius 2 is 2.12 bits per heavy atom. The van der Waals surface area contributed by atoms with Crippen LogP contribution >= 0.6 is 0 Å². The van der Waals surface area contributed by atoms with E-state index in [0.29, 0.717) is 12.5 Å². The van der Waals surface area contributed by atoms with Crippen molar-refractivity contribution in [3.63, 3.8) is 0 Å². The first-order chi connectivity index (χ1) is 12.1. The Hall–Kier alpha value is -2.44. The molecule has 1 atom stereocenters. The second-order valence-corrected chi connectivity index (χ2v) is 6.74. The van der Waals surface area contributed by atoms with Gasteiger partial charge in [-0.3, -0.25) is 14.5 Å². The topological polar surface area (TPSA) is 75.9 Å². The summed E-state index contributed by atoms with van der Waals surface area (Å²) in [6.45, 7) is 5.86. The van der Waals surface area contributed by atoms with Crippen molar-refractivity contribution in [1.82, 2.24) is 24.6 Å². The molecule has 0 aliphatic carbocycles.